The van der Waals surface area contributed by atoms with Crippen LogP contribution in [0.2, 0.25) is 0 Å². The van der Waals surface area contributed by atoms with E-state index in [-0.39, 0.29) is 6.10 Å². The van der Waals surface area contributed by atoms with Crippen LogP contribution in [0.4, 0.5) is 0 Å². The van der Waals surface area contributed by atoms with E-state index in [9.17, 15) is 5.11 Å². The molecule has 2 fully saturated rings. The SMILES string of the molecule is O[C@@H]1C[C@H]2CC[C@@H](C1)N2Cl. The lowest BCUT2D eigenvalue weighted by Crippen LogP contribution is -2.38. The first-order chi connectivity index (χ1) is 4.77. The van der Waals surface area contributed by atoms with Crippen LogP contribution in [0.5, 0.6) is 0 Å². The minimum absolute atomic E-state index is 0.0903. The Kier molecular flexibility index (Phi) is 1.63. The van der Waals surface area contributed by atoms with E-state index >= 15 is 0 Å². The molecule has 0 spiro atoms. The molecule has 0 aliphatic carbocycles. The number of halogens is 1. The van der Waals surface area contributed by atoms with Gasteiger partial charge in [0.2, 0.25) is 0 Å². The maximum absolute atomic E-state index is 9.32. The van der Waals surface area contributed by atoms with Gasteiger partial charge in [0, 0.05) is 12.1 Å². The molecule has 3 heteroatoms. The molecule has 2 saturated heterocycles. The molecule has 0 aromatic heterocycles. The molecule has 0 saturated carbocycles. The largest absolute Gasteiger partial charge is 0.393 e. The van der Waals surface area contributed by atoms with Gasteiger partial charge in [0.25, 0.3) is 0 Å². The van der Waals surface area contributed by atoms with Crippen LogP contribution in [-0.4, -0.2) is 27.7 Å². The summed E-state index contributed by atoms with van der Waals surface area (Å²) < 4.78 is 1.91. The average molecular weight is 162 g/mol. The van der Waals surface area contributed by atoms with Crippen molar-refractivity contribution in [2.24, 2.45) is 0 Å². The van der Waals surface area contributed by atoms with E-state index in [1.165, 1.54) is 12.8 Å². The van der Waals surface area contributed by atoms with Gasteiger partial charge in [-0.3, -0.25) is 0 Å². The van der Waals surface area contributed by atoms with E-state index in [0.717, 1.165) is 12.8 Å². The molecule has 0 aromatic carbocycles. The number of aliphatic hydroxyl groups excluding tert-OH is 1. The van der Waals surface area contributed by atoms with Gasteiger partial charge in [-0.25, -0.2) is 4.42 Å². The van der Waals surface area contributed by atoms with Crippen LogP contribution >= 0.6 is 11.8 Å². The summed E-state index contributed by atoms with van der Waals surface area (Å²) >= 11 is 5.97. The standard InChI is InChI=1S/C7H12ClNO/c8-9-5-1-2-6(9)4-7(10)3-5/h5-7,10H,1-4H2/t5-,6+,7-. The molecule has 0 amide bonds. The molecule has 2 aliphatic rings. The zero-order chi connectivity index (χ0) is 7.14. The van der Waals surface area contributed by atoms with Gasteiger partial charge in [-0.1, -0.05) is 0 Å². The van der Waals surface area contributed by atoms with Crippen molar-refractivity contribution >= 4 is 11.8 Å². The minimum atomic E-state index is -0.0903. The number of aliphatic hydroxyl groups is 1. The first-order valence-corrected chi connectivity index (χ1v) is 4.23. The summed E-state index contributed by atoms with van der Waals surface area (Å²) in [6, 6.07) is 0.908. The van der Waals surface area contributed by atoms with E-state index in [4.69, 9.17) is 11.8 Å². The van der Waals surface area contributed by atoms with Crippen LogP contribution in [0.15, 0.2) is 0 Å². The number of nitrogens with zero attached hydrogens (tertiary/aromatic N) is 1. The van der Waals surface area contributed by atoms with Crippen LogP contribution in [0, 0.1) is 0 Å². The predicted molar refractivity (Wildman–Crippen MR) is 39.7 cm³/mol. The summed E-state index contributed by atoms with van der Waals surface area (Å²) in [4.78, 5) is 0. The van der Waals surface area contributed by atoms with Crippen molar-refractivity contribution in [2.75, 3.05) is 0 Å². The monoisotopic (exact) mass is 161 g/mol. The Hall–Kier alpha value is 0.210. The Morgan fingerprint density at radius 1 is 1.20 bits per heavy atom. The lowest BCUT2D eigenvalue weighted by Gasteiger charge is -2.31. The highest BCUT2D eigenvalue weighted by Gasteiger charge is 2.39. The first-order valence-electron chi connectivity index (χ1n) is 3.89. The van der Waals surface area contributed by atoms with Crippen LogP contribution in [0.25, 0.3) is 0 Å². The van der Waals surface area contributed by atoms with Gasteiger partial charge in [-0.2, -0.15) is 0 Å². The third-order valence-corrected chi connectivity index (χ3v) is 3.17. The van der Waals surface area contributed by atoms with E-state index in [1.54, 1.807) is 0 Å². The molecule has 2 heterocycles. The van der Waals surface area contributed by atoms with Crippen molar-refractivity contribution in [3.63, 3.8) is 0 Å². The average Bonchev–Trinajstić information content (AvgIpc) is 2.20. The Morgan fingerprint density at radius 3 is 2.20 bits per heavy atom. The topological polar surface area (TPSA) is 23.5 Å². The quantitative estimate of drug-likeness (QED) is 0.539. The highest BCUT2D eigenvalue weighted by molar-refractivity contribution is 6.14. The Morgan fingerprint density at radius 2 is 1.70 bits per heavy atom. The van der Waals surface area contributed by atoms with Crippen molar-refractivity contribution in [1.29, 1.82) is 0 Å². The summed E-state index contributed by atoms with van der Waals surface area (Å²) in [5.41, 5.74) is 0. The molecule has 0 unspecified atom stereocenters. The van der Waals surface area contributed by atoms with E-state index < -0.39 is 0 Å². The molecule has 2 rings (SSSR count). The minimum Gasteiger partial charge on any atom is -0.393 e. The van der Waals surface area contributed by atoms with Crippen molar-refractivity contribution < 1.29 is 5.11 Å². The summed E-state index contributed by atoms with van der Waals surface area (Å²) in [5, 5.41) is 9.32. The van der Waals surface area contributed by atoms with Gasteiger partial charge < -0.3 is 5.11 Å². The molecule has 2 aliphatic heterocycles. The first kappa shape index (κ1) is 6.89. The Bertz CT molecular complexity index is 128. The van der Waals surface area contributed by atoms with Crippen LogP contribution in [-0.2, 0) is 0 Å². The molecule has 0 aromatic rings. The summed E-state index contributed by atoms with van der Waals surface area (Å²) in [6.45, 7) is 0. The lowest BCUT2D eigenvalue weighted by molar-refractivity contribution is 0.0780. The second-order valence-electron chi connectivity index (χ2n) is 3.35. The molecular weight excluding hydrogens is 150 g/mol. The number of hydrogen-bond donors (Lipinski definition) is 1. The van der Waals surface area contributed by atoms with E-state index in [0.29, 0.717) is 12.1 Å². The van der Waals surface area contributed by atoms with E-state index in [1.807, 2.05) is 4.42 Å². The normalized spacial score (nSPS) is 48.0. The van der Waals surface area contributed by atoms with E-state index in [2.05, 4.69) is 0 Å². The van der Waals surface area contributed by atoms with Crippen molar-refractivity contribution in [3.05, 3.63) is 0 Å². The Labute approximate surface area is 65.9 Å². The third-order valence-electron chi connectivity index (χ3n) is 2.62. The van der Waals surface area contributed by atoms with Gasteiger partial charge in [0.05, 0.1) is 6.10 Å². The smallest absolute Gasteiger partial charge is 0.0571 e. The molecule has 10 heavy (non-hydrogen) atoms. The number of piperidine rings is 1. The molecule has 2 nitrogen and oxygen atoms in total. The summed E-state index contributed by atoms with van der Waals surface area (Å²) in [7, 11) is 0. The maximum Gasteiger partial charge on any atom is 0.0571 e. The molecule has 0 radical (unpaired) electrons. The van der Waals surface area contributed by atoms with Gasteiger partial charge in [-0.15, -0.1) is 0 Å². The second kappa shape index (κ2) is 2.36. The fraction of sp³-hybridized carbons (Fsp3) is 1.00. The molecule has 58 valence electrons. The van der Waals surface area contributed by atoms with Gasteiger partial charge in [-0.05, 0) is 37.5 Å². The van der Waals surface area contributed by atoms with Crippen LogP contribution < -0.4 is 0 Å². The second-order valence-corrected chi connectivity index (χ2v) is 3.74. The van der Waals surface area contributed by atoms with Crippen molar-refractivity contribution in [3.8, 4) is 0 Å². The fourth-order valence-electron chi connectivity index (χ4n) is 2.09. The van der Waals surface area contributed by atoms with Crippen molar-refractivity contribution in [1.82, 2.24) is 4.42 Å². The third kappa shape index (κ3) is 0.949. The number of rotatable bonds is 0. The molecule has 1 N–H and O–H groups in total. The van der Waals surface area contributed by atoms with Crippen molar-refractivity contribution in [2.45, 2.75) is 43.9 Å². The predicted octanol–water partition coefficient (Wildman–Crippen LogP) is 1.13. The molecule has 2 bridgehead atoms. The lowest BCUT2D eigenvalue weighted by atomic mass is 10.0. The number of hydrogen-bond acceptors (Lipinski definition) is 2. The molecular formula is C7H12ClNO. The highest BCUT2D eigenvalue weighted by atomic mass is 35.5. The fourth-order valence-corrected chi connectivity index (χ4v) is 2.45. The Balaban J connectivity index is 2.09. The van der Waals surface area contributed by atoms with Gasteiger partial charge >= 0.3 is 0 Å². The zero-order valence-electron chi connectivity index (χ0n) is 5.83. The number of fused-ring (bicyclic) bond motifs is 2. The van der Waals surface area contributed by atoms with Gasteiger partial charge in [0.15, 0.2) is 0 Å². The van der Waals surface area contributed by atoms with Crippen LogP contribution in [0.3, 0.4) is 0 Å². The summed E-state index contributed by atoms with van der Waals surface area (Å²) in [6.07, 6.45) is 4.00. The zero-order valence-corrected chi connectivity index (χ0v) is 6.59. The summed E-state index contributed by atoms with van der Waals surface area (Å²) in [5.74, 6) is 0. The van der Waals surface area contributed by atoms with Crippen LogP contribution in [0.1, 0.15) is 25.7 Å². The maximum atomic E-state index is 9.32. The highest BCUT2D eigenvalue weighted by Crippen LogP contribution is 2.36. The van der Waals surface area contributed by atoms with Gasteiger partial charge in [0.1, 0.15) is 0 Å². The molecule has 3 atom stereocenters.